The van der Waals surface area contributed by atoms with E-state index in [0.29, 0.717) is 0 Å². The minimum atomic E-state index is 0.733. The average molecular weight is 180 g/mol. The molecule has 2 aliphatic carbocycles. The van der Waals surface area contributed by atoms with Crippen molar-refractivity contribution in [3.05, 3.63) is 0 Å². The van der Waals surface area contributed by atoms with Crippen LogP contribution in [0.2, 0.25) is 0 Å². The van der Waals surface area contributed by atoms with Gasteiger partial charge in [-0.2, -0.15) is 0 Å². The molecule has 0 aromatic rings. The average Bonchev–Trinajstić information content (AvgIpc) is 2.61. The van der Waals surface area contributed by atoms with Crippen LogP contribution in [0.5, 0.6) is 0 Å². The van der Waals surface area contributed by atoms with Crippen LogP contribution in [0.4, 0.5) is 0 Å². The molecule has 0 aromatic carbocycles. The molecule has 0 amide bonds. The van der Waals surface area contributed by atoms with Crippen molar-refractivity contribution in [2.75, 3.05) is 0 Å². The van der Waals surface area contributed by atoms with E-state index in [1.54, 1.807) is 6.42 Å². The Bertz CT molecular complexity index is 186. The first-order valence-electron chi connectivity index (χ1n) is 6.15. The predicted molar refractivity (Wildman–Crippen MR) is 57.6 cm³/mol. The molecule has 2 fully saturated rings. The lowest BCUT2D eigenvalue weighted by atomic mass is 9.61. The summed E-state index contributed by atoms with van der Waals surface area (Å²) < 4.78 is 0. The minimum Gasteiger partial charge on any atom is -0.0648 e. The van der Waals surface area contributed by atoms with E-state index < -0.39 is 0 Å². The van der Waals surface area contributed by atoms with Gasteiger partial charge in [-0.15, -0.1) is 0 Å². The Kier molecular flexibility index (Phi) is 2.20. The van der Waals surface area contributed by atoms with Crippen LogP contribution in [0, 0.1) is 29.1 Å². The quantitative estimate of drug-likeness (QED) is 0.600. The van der Waals surface area contributed by atoms with Crippen molar-refractivity contribution < 1.29 is 0 Å². The summed E-state index contributed by atoms with van der Waals surface area (Å²) >= 11 is 0. The molecule has 0 nitrogen and oxygen atoms in total. The maximum Gasteiger partial charge on any atom is -0.0246 e. The summed E-state index contributed by atoms with van der Waals surface area (Å²) in [6.07, 6.45) is 5.90. The van der Waals surface area contributed by atoms with Gasteiger partial charge in [0.05, 0.1) is 0 Å². The third kappa shape index (κ3) is 1.04. The molecule has 4 unspecified atom stereocenters. The van der Waals surface area contributed by atoms with Crippen LogP contribution < -0.4 is 0 Å². The van der Waals surface area contributed by atoms with Crippen LogP contribution in [-0.4, -0.2) is 0 Å². The zero-order valence-corrected chi connectivity index (χ0v) is 9.64. The topological polar surface area (TPSA) is 0 Å². The second-order valence-electron chi connectivity index (χ2n) is 5.54. The Hall–Kier alpha value is 0. The van der Waals surface area contributed by atoms with Crippen LogP contribution in [0.3, 0.4) is 0 Å². The Labute approximate surface area is 83.1 Å². The normalized spacial score (nSPS) is 47.1. The first-order valence-corrected chi connectivity index (χ1v) is 6.15. The highest BCUT2D eigenvalue weighted by atomic mass is 14.6. The fraction of sp³-hybridized carbons (Fsp3) is 1.00. The van der Waals surface area contributed by atoms with Crippen LogP contribution in [0.1, 0.15) is 53.4 Å². The lowest BCUT2D eigenvalue weighted by molar-refractivity contribution is 0.0554. The summed E-state index contributed by atoms with van der Waals surface area (Å²) in [7, 11) is 0. The van der Waals surface area contributed by atoms with E-state index in [0.717, 1.165) is 29.1 Å². The fourth-order valence-electron chi connectivity index (χ4n) is 4.72. The molecule has 0 aliphatic heterocycles. The Morgan fingerprint density at radius 2 is 1.69 bits per heavy atom. The summed E-state index contributed by atoms with van der Waals surface area (Å²) in [6.45, 7) is 9.81. The molecule has 76 valence electrons. The lowest BCUT2D eigenvalue weighted by Gasteiger charge is -2.43. The van der Waals surface area contributed by atoms with Gasteiger partial charge >= 0.3 is 0 Å². The Balaban J connectivity index is 2.25. The number of hydrogen-bond donors (Lipinski definition) is 0. The van der Waals surface area contributed by atoms with E-state index in [1.165, 1.54) is 19.3 Å². The van der Waals surface area contributed by atoms with Gasteiger partial charge in [0.1, 0.15) is 0 Å². The van der Waals surface area contributed by atoms with Crippen molar-refractivity contribution in [2.24, 2.45) is 29.1 Å². The van der Waals surface area contributed by atoms with Crippen LogP contribution in [-0.2, 0) is 0 Å². The summed E-state index contributed by atoms with van der Waals surface area (Å²) in [6, 6.07) is 0. The second-order valence-corrected chi connectivity index (χ2v) is 5.54. The smallest absolute Gasteiger partial charge is 0.0246 e. The maximum atomic E-state index is 2.52. The zero-order valence-electron chi connectivity index (χ0n) is 9.64. The fourth-order valence-corrected chi connectivity index (χ4v) is 4.72. The van der Waals surface area contributed by atoms with Crippen molar-refractivity contribution in [3.63, 3.8) is 0 Å². The van der Waals surface area contributed by atoms with Gasteiger partial charge in [0.25, 0.3) is 0 Å². The van der Waals surface area contributed by atoms with Gasteiger partial charge in [-0.3, -0.25) is 0 Å². The van der Waals surface area contributed by atoms with E-state index in [2.05, 4.69) is 27.7 Å². The Morgan fingerprint density at radius 1 is 1.08 bits per heavy atom. The van der Waals surface area contributed by atoms with E-state index in [1.807, 2.05) is 0 Å². The molecule has 2 aliphatic rings. The highest BCUT2D eigenvalue weighted by Gasteiger charge is 2.56. The molecule has 0 heteroatoms. The van der Waals surface area contributed by atoms with Crippen molar-refractivity contribution in [2.45, 2.75) is 53.4 Å². The van der Waals surface area contributed by atoms with Gasteiger partial charge in [0, 0.05) is 0 Å². The van der Waals surface area contributed by atoms with Gasteiger partial charge in [-0.1, -0.05) is 27.7 Å². The molecule has 0 N–H and O–H groups in total. The van der Waals surface area contributed by atoms with Crippen molar-refractivity contribution in [1.29, 1.82) is 0 Å². The number of hydrogen-bond acceptors (Lipinski definition) is 0. The molecule has 0 aromatic heterocycles. The summed E-state index contributed by atoms with van der Waals surface area (Å²) in [5.41, 5.74) is 0.733. The second kappa shape index (κ2) is 3.00. The largest absolute Gasteiger partial charge is 0.0648 e. The first kappa shape index (κ1) is 9.55. The van der Waals surface area contributed by atoms with Crippen LogP contribution in [0.15, 0.2) is 0 Å². The molecule has 13 heavy (non-hydrogen) atoms. The molecule has 0 saturated heterocycles. The van der Waals surface area contributed by atoms with E-state index >= 15 is 0 Å². The van der Waals surface area contributed by atoms with E-state index in [-0.39, 0.29) is 0 Å². The van der Waals surface area contributed by atoms with Crippen LogP contribution >= 0.6 is 0 Å². The van der Waals surface area contributed by atoms with Gasteiger partial charge in [-0.05, 0) is 54.8 Å². The summed E-state index contributed by atoms with van der Waals surface area (Å²) in [5.74, 6) is 4.14. The highest BCUT2D eigenvalue weighted by molar-refractivity contribution is 5.05. The van der Waals surface area contributed by atoms with Gasteiger partial charge in [-0.25, -0.2) is 0 Å². The van der Waals surface area contributed by atoms with Crippen LogP contribution in [0.25, 0.3) is 0 Å². The van der Waals surface area contributed by atoms with Crippen molar-refractivity contribution in [1.82, 2.24) is 0 Å². The standard InChI is InChI=1S/C13H24/c1-5-13(6-2)10(4)12-8-11(13)7-9(12)3/h9-12H,5-8H2,1-4H3. The lowest BCUT2D eigenvalue weighted by Crippen LogP contribution is -2.36. The molecule has 0 spiro atoms. The van der Waals surface area contributed by atoms with Crippen molar-refractivity contribution >= 4 is 0 Å². The monoisotopic (exact) mass is 180 g/mol. The highest BCUT2D eigenvalue weighted by Crippen LogP contribution is 2.64. The third-order valence-electron chi connectivity index (χ3n) is 5.62. The van der Waals surface area contributed by atoms with Gasteiger partial charge in [0.15, 0.2) is 0 Å². The van der Waals surface area contributed by atoms with Gasteiger partial charge < -0.3 is 0 Å². The first-order chi connectivity index (χ1) is 6.15. The Morgan fingerprint density at radius 3 is 2.08 bits per heavy atom. The molecular formula is C13H24. The molecule has 4 atom stereocenters. The SMILES string of the molecule is CCC1(CC)C2CC(C)C(C2)C1C. The maximum absolute atomic E-state index is 2.52. The molecule has 2 rings (SSSR count). The van der Waals surface area contributed by atoms with Crippen molar-refractivity contribution in [3.8, 4) is 0 Å². The van der Waals surface area contributed by atoms with E-state index in [9.17, 15) is 0 Å². The summed E-state index contributed by atoms with van der Waals surface area (Å²) in [5, 5.41) is 0. The van der Waals surface area contributed by atoms with Gasteiger partial charge in [0.2, 0.25) is 0 Å². The molecular weight excluding hydrogens is 156 g/mol. The predicted octanol–water partition coefficient (Wildman–Crippen LogP) is 4.10. The summed E-state index contributed by atoms with van der Waals surface area (Å²) in [4.78, 5) is 0. The molecule has 2 saturated carbocycles. The zero-order chi connectivity index (χ0) is 9.64. The number of fused-ring (bicyclic) bond motifs is 2. The van der Waals surface area contributed by atoms with E-state index in [4.69, 9.17) is 0 Å². The molecule has 2 bridgehead atoms. The minimum absolute atomic E-state index is 0.733. The molecule has 0 heterocycles. The number of rotatable bonds is 2. The molecule has 0 radical (unpaired) electrons. The third-order valence-corrected chi connectivity index (χ3v) is 5.62.